The molecule has 8 nitrogen and oxygen atoms in total. The summed E-state index contributed by atoms with van der Waals surface area (Å²) in [4.78, 5) is 34.4. The molecule has 5 rings (SSSR count). The summed E-state index contributed by atoms with van der Waals surface area (Å²) >= 11 is 0. The Morgan fingerprint density at radius 2 is 1.68 bits per heavy atom. The lowest BCUT2D eigenvalue weighted by Gasteiger charge is -2.59. The number of likely N-dealkylation sites (tertiary alicyclic amines) is 2. The van der Waals surface area contributed by atoms with Gasteiger partial charge in [0.2, 0.25) is 0 Å². The van der Waals surface area contributed by atoms with Crippen molar-refractivity contribution in [3.05, 3.63) is 42.3 Å². The number of carbonyl (C=O) groups excluding carboxylic acids is 2. The minimum Gasteiger partial charge on any atom is -0.444 e. The van der Waals surface area contributed by atoms with Crippen molar-refractivity contribution in [2.24, 2.45) is 5.41 Å². The molecule has 3 aliphatic heterocycles. The summed E-state index contributed by atoms with van der Waals surface area (Å²) in [5.41, 5.74) is 0.0285. The highest BCUT2D eigenvalue weighted by Crippen LogP contribution is 2.43. The highest BCUT2D eigenvalue weighted by atomic mass is 19.3. The molecule has 11 heteroatoms. The van der Waals surface area contributed by atoms with Crippen molar-refractivity contribution in [3.63, 3.8) is 0 Å². The zero-order valence-electron chi connectivity index (χ0n) is 21.1. The molecule has 1 spiro atoms. The van der Waals surface area contributed by atoms with E-state index in [2.05, 4.69) is 10.3 Å². The van der Waals surface area contributed by atoms with Crippen molar-refractivity contribution in [1.29, 1.82) is 0 Å². The molecule has 1 aromatic carbocycles. The number of amides is 3. The summed E-state index contributed by atoms with van der Waals surface area (Å²) in [5.74, 6) is -3.19. The molecule has 1 N–H and O–H groups in total. The Morgan fingerprint density at radius 3 is 2.30 bits per heavy atom. The number of rotatable bonds is 3. The Kier molecular flexibility index (Phi) is 5.99. The minimum absolute atomic E-state index is 0.0664. The standard InChI is InChI=1S/C26H30F3N5O3/c1-24(2,3)37-23(36)34-14-25(15-34)12-33(13-25)22(35)31-20-18(17-6-4-5-7-19(17)27)8-10-30-21(20)32-11-9-26(28,29)16-32/h4-8,10H,9,11-16H2,1-3H3,(H,31,35). The SMILES string of the molecule is CC(C)(C)OC(=O)N1CC2(CN(C(=O)Nc3c(-c4ccccc4F)ccnc3N3CCC(F)(F)C3)C2)C1. The number of urea groups is 1. The first kappa shape index (κ1) is 25.2. The molecule has 3 saturated heterocycles. The molecular formula is C26H30F3N5O3. The number of nitrogens with zero attached hydrogens (tertiary/aromatic N) is 4. The van der Waals surface area contributed by atoms with E-state index in [0.29, 0.717) is 31.7 Å². The fourth-order valence-electron chi connectivity index (χ4n) is 5.15. The first-order valence-electron chi connectivity index (χ1n) is 12.3. The fraction of sp³-hybridized carbons (Fsp3) is 0.500. The third-order valence-electron chi connectivity index (χ3n) is 6.84. The van der Waals surface area contributed by atoms with Gasteiger partial charge in [0.05, 0.1) is 12.2 Å². The van der Waals surface area contributed by atoms with Gasteiger partial charge in [0, 0.05) is 61.9 Å². The minimum atomic E-state index is -2.87. The number of pyridine rings is 1. The predicted molar refractivity (Wildman–Crippen MR) is 132 cm³/mol. The van der Waals surface area contributed by atoms with Gasteiger partial charge in [-0.3, -0.25) is 0 Å². The molecular weight excluding hydrogens is 487 g/mol. The molecule has 198 valence electrons. The maximum atomic E-state index is 14.7. The van der Waals surface area contributed by atoms with E-state index in [9.17, 15) is 22.8 Å². The number of hydrogen-bond acceptors (Lipinski definition) is 5. The molecule has 0 saturated carbocycles. The summed E-state index contributed by atoms with van der Waals surface area (Å²) in [6.07, 6.45) is 0.731. The van der Waals surface area contributed by atoms with E-state index in [0.717, 1.165) is 0 Å². The monoisotopic (exact) mass is 517 g/mol. The van der Waals surface area contributed by atoms with Crippen LogP contribution < -0.4 is 10.2 Å². The summed E-state index contributed by atoms with van der Waals surface area (Å²) in [6, 6.07) is 7.23. The number of nitrogens with one attached hydrogen (secondary N) is 1. The smallest absolute Gasteiger partial charge is 0.410 e. The Hall–Kier alpha value is -3.50. The van der Waals surface area contributed by atoms with Gasteiger partial charge in [-0.2, -0.15) is 0 Å². The van der Waals surface area contributed by atoms with Crippen molar-refractivity contribution in [2.75, 3.05) is 49.5 Å². The van der Waals surface area contributed by atoms with Crippen LogP contribution in [0.2, 0.25) is 0 Å². The molecule has 0 unspecified atom stereocenters. The third kappa shape index (κ3) is 5.03. The molecule has 37 heavy (non-hydrogen) atoms. The van der Waals surface area contributed by atoms with Crippen LogP contribution in [0.1, 0.15) is 27.2 Å². The van der Waals surface area contributed by atoms with Crippen LogP contribution in [0.25, 0.3) is 11.1 Å². The second-order valence-corrected chi connectivity index (χ2v) is 11.2. The van der Waals surface area contributed by atoms with Gasteiger partial charge in [-0.25, -0.2) is 27.7 Å². The van der Waals surface area contributed by atoms with E-state index in [-0.39, 0.29) is 41.5 Å². The Balaban J connectivity index is 1.32. The molecule has 2 aromatic rings. The quantitative estimate of drug-likeness (QED) is 0.632. The predicted octanol–water partition coefficient (Wildman–Crippen LogP) is 4.82. The number of anilines is 2. The zero-order valence-corrected chi connectivity index (χ0v) is 21.1. The number of ether oxygens (including phenoxy) is 1. The van der Waals surface area contributed by atoms with Crippen LogP contribution in [0.4, 0.5) is 34.3 Å². The topological polar surface area (TPSA) is 78.0 Å². The lowest BCUT2D eigenvalue weighted by Crippen LogP contribution is -2.74. The van der Waals surface area contributed by atoms with Gasteiger partial charge >= 0.3 is 12.1 Å². The normalized spacial score (nSPS) is 19.9. The molecule has 4 heterocycles. The van der Waals surface area contributed by atoms with E-state index < -0.39 is 29.9 Å². The number of alkyl halides is 2. The number of aromatic nitrogens is 1. The summed E-state index contributed by atoms with van der Waals surface area (Å²) in [7, 11) is 0. The summed E-state index contributed by atoms with van der Waals surface area (Å²) in [6.45, 7) is 6.81. The van der Waals surface area contributed by atoms with E-state index in [4.69, 9.17) is 4.74 Å². The van der Waals surface area contributed by atoms with Gasteiger partial charge in [0.15, 0.2) is 5.82 Å². The lowest BCUT2D eigenvalue weighted by atomic mass is 9.73. The number of halogens is 3. The number of hydrogen-bond donors (Lipinski definition) is 1. The molecule has 1 aromatic heterocycles. The second kappa shape index (κ2) is 8.81. The zero-order chi connectivity index (χ0) is 26.6. The first-order valence-corrected chi connectivity index (χ1v) is 12.3. The Bertz CT molecular complexity index is 1220. The molecule has 0 bridgehead atoms. The molecule has 0 atom stereocenters. The molecule has 3 aliphatic rings. The van der Waals surface area contributed by atoms with Crippen LogP contribution in [0.3, 0.4) is 0 Å². The van der Waals surface area contributed by atoms with Gasteiger partial charge in [0.1, 0.15) is 11.4 Å². The van der Waals surface area contributed by atoms with Crippen molar-refractivity contribution in [3.8, 4) is 11.1 Å². The molecule has 3 fully saturated rings. The van der Waals surface area contributed by atoms with Gasteiger partial charge in [-0.15, -0.1) is 0 Å². The van der Waals surface area contributed by atoms with Gasteiger partial charge < -0.3 is 24.8 Å². The third-order valence-corrected chi connectivity index (χ3v) is 6.84. The fourth-order valence-corrected chi connectivity index (χ4v) is 5.15. The van der Waals surface area contributed by atoms with E-state index >= 15 is 0 Å². The highest BCUT2D eigenvalue weighted by Gasteiger charge is 2.55. The van der Waals surface area contributed by atoms with Crippen molar-refractivity contribution >= 4 is 23.6 Å². The first-order chi connectivity index (χ1) is 17.3. The lowest BCUT2D eigenvalue weighted by molar-refractivity contribution is -0.0935. The van der Waals surface area contributed by atoms with Crippen LogP contribution >= 0.6 is 0 Å². The maximum Gasteiger partial charge on any atom is 0.410 e. The highest BCUT2D eigenvalue weighted by molar-refractivity contribution is 5.99. The van der Waals surface area contributed by atoms with E-state index in [1.165, 1.54) is 17.2 Å². The largest absolute Gasteiger partial charge is 0.444 e. The Morgan fingerprint density at radius 1 is 1.00 bits per heavy atom. The van der Waals surface area contributed by atoms with Crippen LogP contribution in [-0.4, -0.2) is 77.7 Å². The average Bonchev–Trinajstić information content (AvgIpc) is 3.10. The van der Waals surface area contributed by atoms with Crippen LogP contribution in [0.5, 0.6) is 0 Å². The summed E-state index contributed by atoms with van der Waals surface area (Å²) < 4.78 is 48.1. The van der Waals surface area contributed by atoms with Gasteiger partial charge in [0.25, 0.3) is 5.92 Å². The average molecular weight is 518 g/mol. The van der Waals surface area contributed by atoms with Gasteiger partial charge in [-0.1, -0.05) is 18.2 Å². The second-order valence-electron chi connectivity index (χ2n) is 11.2. The van der Waals surface area contributed by atoms with E-state index in [1.54, 1.807) is 54.8 Å². The molecule has 0 aliphatic carbocycles. The van der Waals surface area contributed by atoms with Crippen molar-refractivity contribution in [1.82, 2.24) is 14.8 Å². The number of carbonyl (C=O) groups is 2. The van der Waals surface area contributed by atoms with E-state index in [1.807, 2.05) is 0 Å². The molecule has 3 amide bonds. The van der Waals surface area contributed by atoms with Crippen molar-refractivity contribution in [2.45, 2.75) is 38.7 Å². The Labute approximate surface area is 213 Å². The molecule has 0 radical (unpaired) electrons. The maximum absolute atomic E-state index is 14.7. The van der Waals surface area contributed by atoms with Crippen molar-refractivity contribution < 1.29 is 27.5 Å². The number of benzene rings is 1. The van der Waals surface area contributed by atoms with Crippen LogP contribution in [0.15, 0.2) is 36.5 Å². The van der Waals surface area contributed by atoms with Gasteiger partial charge in [-0.05, 0) is 32.9 Å². The van der Waals surface area contributed by atoms with Crippen LogP contribution in [0, 0.1) is 11.2 Å². The van der Waals surface area contributed by atoms with Crippen LogP contribution in [-0.2, 0) is 4.74 Å². The summed E-state index contributed by atoms with van der Waals surface area (Å²) in [5, 5.41) is 2.83.